The van der Waals surface area contributed by atoms with E-state index < -0.39 is 23.3 Å². The van der Waals surface area contributed by atoms with Crippen LogP contribution in [0.15, 0.2) is 52.0 Å². The van der Waals surface area contributed by atoms with Crippen molar-refractivity contribution in [3.63, 3.8) is 0 Å². The Labute approximate surface area is 325 Å². The molecule has 2 amide bonds. The number of amides is 2. The third-order valence-electron chi connectivity index (χ3n) is 9.69. The number of ether oxygens (including phenoxy) is 4. The number of nitrogens with zero attached hydrogens (tertiary/aromatic N) is 5. The van der Waals surface area contributed by atoms with Gasteiger partial charge in [-0.1, -0.05) is 22.9 Å². The number of nitrogens with one attached hydrogen (secondary N) is 2. The van der Waals surface area contributed by atoms with Crippen LogP contribution < -0.4 is 30.6 Å². The van der Waals surface area contributed by atoms with Crippen LogP contribution in [0.3, 0.4) is 0 Å². The standard InChI is InChI=1S/C38H45BrF3N7O6/c1-5-25-21-55-36-31(48(25)6-2)8-7-30-35(36)27(38(40,41)42)16-34(50)49(30)11-13-52-12-9-47-10-14-53-26(20-47)22-54-32-15-23(3)28(39)17-29(32)45-37(51)46-33-19-43-24(4)18-44-33/h7-8,15-19,25-26H,5-6,9-14,20-22H2,1-4H3,(H2,44,45,46,51)/t25-,26+/m1/s1. The minimum atomic E-state index is -4.74. The summed E-state index contributed by atoms with van der Waals surface area (Å²) in [4.78, 5) is 38.3. The largest absolute Gasteiger partial charge is 0.489 e. The third-order valence-corrected chi connectivity index (χ3v) is 10.5. The number of aromatic nitrogens is 3. The first-order valence-electron chi connectivity index (χ1n) is 18.2. The zero-order chi connectivity index (χ0) is 39.3. The van der Waals surface area contributed by atoms with E-state index in [1.54, 1.807) is 31.3 Å². The number of urea groups is 1. The number of morpholine rings is 1. The Kier molecular flexibility index (Phi) is 12.8. The summed E-state index contributed by atoms with van der Waals surface area (Å²) in [5.41, 5.74) is 1.10. The van der Waals surface area contributed by atoms with Crippen LogP contribution in [0.1, 0.15) is 37.1 Å². The molecule has 2 aromatic heterocycles. The maximum absolute atomic E-state index is 14.3. The number of halogens is 4. The topological polar surface area (TPSA) is 132 Å². The Morgan fingerprint density at radius 3 is 2.60 bits per heavy atom. The summed E-state index contributed by atoms with van der Waals surface area (Å²) < 4.78 is 69.0. The molecule has 0 aliphatic carbocycles. The average molecular weight is 833 g/mol. The molecular weight excluding hydrogens is 787 g/mol. The van der Waals surface area contributed by atoms with Crippen LogP contribution in [0.5, 0.6) is 11.5 Å². The van der Waals surface area contributed by atoms with Crippen LogP contribution in [-0.2, 0) is 22.2 Å². The predicted molar refractivity (Wildman–Crippen MR) is 207 cm³/mol. The van der Waals surface area contributed by atoms with Crippen molar-refractivity contribution in [2.45, 2.75) is 59.0 Å². The fourth-order valence-electron chi connectivity index (χ4n) is 6.82. The van der Waals surface area contributed by atoms with Crippen molar-refractivity contribution in [1.29, 1.82) is 0 Å². The maximum Gasteiger partial charge on any atom is 0.417 e. The molecule has 296 valence electrons. The number of carbonyl (C=O) groups excluding carboxylic acids is 1. The van der Waals surface area contributed by atoms with Crippen LogP contribution in [0.25, 0.3) is 10.9 Å². The molecule has 4 aromatic rings. The number of benzene rings is 2. The zero-order valence-corrected chi connectivity index (χ0v) is 32.8. The van der Waals surface area contributed by atoms with Crippen molar-refractivity contribution in [3.8, 4) is 11.5 Å². The number of carbonyl (C=O) groups is 1. The molecule has 2 aromatic carbocycles. The summed E-state index contributed by atoms with van der Waals surface area (Å²) in [5.74, 6) is 0.930. The summed E-state index contributed by atoms with van der Waals surface area (Å²) in [6.45, 7) is 11.6. The van der Waals surface area contributed by atoms with E-state index in [4.69, 9.17) is 18.9 Å². The fourth-order valence-corrected chi connectivity index (χ4v) is 7.16. The second-order valence-corrected chi connectivity index (χ2v) is 14.3. The molecule has 4 heterocycles. The van der Waals surface area contributed by atoms with E-state index in [-0.39, 0.29) is 55.2 Å². The Balaban J connectivity index is 1.04. The molecular formula is C38H45BrF3N7O6. The first kappa shape index (κ1) is 40.2. The van der Waals surface area contributed by atoms with Crippen LogP contribution in [-0.4, -0.2) is 96.8 Å². The smallest absolute Gasteiger partial charge is 0.417 e. The Bertz CT molecular complexity index is 2050. The van der Waals surface area contributed by atoms with Crippen molar-refractivity contribution in [2.24, 2.45) is 0 Å². The van der Waals surface area contributed by atoms with Gasteiger partial charge in [-0.15, -0.1) is 0 Å². The highest BCUT2D eigenvalue weighted by atomic mass is 79.9. The second kappa shape index (κ2) is 17.6. The van der Waals surface area contributed by atoms with Crippen molar-refractivity contribution in [3.05, 3.63) is 74.4 Å². The van der Waals surface area contributed by atoms with Gasteiger partial charge in [0.25, 0.3) is 5.56 Å². The van der Waals surface area contributed by atoms with E-state index in [1.807, 2.05) is 26.8 Å². The summed E-state index contributed by atoms with van der Waals surface area (Å²) >= 11 is 3.52. The van der Waals surface area contributed by atoms with Gasteiger partial charge in [0.05, 0.1) is 71.8 Å². The maximum atomic E-state index is 14.3. The van der Waals surface area contributed by atoms with Gasteiger partial charge in [-0.05, 0) is 57.0 Å². The van der Waals surface area contributed by atoms with E-state index in [0.717, 1.165) is 22.2 Å². The van der Waals surface area contributed by atoms with Crippen LogP contribution in [0.4, 0.5) is 35.2 Å². The molecule has 17 heteroatoms. The number of aryl methyl sites for hydroxylation is 2. The van der Waals surface area contributed by atoms with E-state index in [2.05, 4.69) is 46.3 Å². The average Bonchev–Trinajstić information content (AvgIpc) is 3.15. The van der Waals surface area contributed by atoms with E-state index in [1.165, 1.54) is 10.8 Å². The molecule has 0 spiro atoms. The van der Waals surface area contributed by atoms with Gasteiger partial charge in [-0.25, -0.2) is 9.78 Å². The monoisotopic (exact) mass is 831 g/mol. The minimum absolute atomic E-state index is 0.0461. The molecule has 1 fully saturated rings. The van der Waals surface area contributed by atoms with Gasteiger partial charge >= 0.3 is 12.2 Å². The minimum Gasteiger partial charge on any atom is -0.489 e. The Morgan fingerprint density at radius 1 is 1.07 bits per heavy atom. The van der Waals surface area contributed by atoms with Crippen molar-refractivity contribution in [2.75, 3.05) is 74.7 Å². The van der Waals surface area contributed by atoms with Crippen molar-refractivity contribution >= 4 is 50.1 Å². The van der Waals surface area contributed by atoms with Crippen LogP contribution in [0.2, 0.25) is 0 Å². The lowest BCUT2D eigenvalue weighted by Crippen LogP contribution is -2.46. The number of anilines is 3. The van der Waals surface area contributed by atoms with Gasteiger partial charge in [0, 0.05) is 43.3 Å². The van der Waals surface area contributed by atoms with E-state index in [9.17, 15) is 22.8 Å². The number of hydrogen-bond acceptors (Lipinski definition) is 10. The lowest BCUT2D eigenvalue weighted by atomic mass is 10.0. The fraction of sp³-hybridized carbons (Fsp3) is 0.474. The normalized spacial score (nSPS) is 17.5. The molecule has 1 saturated heterocycles. The van der Waals surface area contributed by atoms with Gasteiger partial charge in [0.15, 0.2) is 11.6 Å². The summed E-state index contributed by atoms with van der Waals surface area (Å²) in [6, 6.07) is 7.12. The molecule has 2 N–H and O–H groups in total. The Hall–Kier alpha value is -4.45. The molecule has 2 aliphatic heterocycles. The molecule has 13 nitrogen and oxygen atoms in total. The van der Waals surface area contributed by atoms with Crippen LogP contribution in [0, 0.1) is 13.8 Å². The number of alkyl halides is 3. The van der Waals surface area contributed by atoms with Gasteiger partial charge < -0.3 is 33.7 Å². The zero-order valence-electron chi connectivity index (χ0n) is 31.2. The van der Waals surface area contributed by atoms with Crippen molar-refractivity contribution in [1.82, 2.24) is 19.4 Å². The predicted octanol–water partition coefficient (Wildman–Crippen LogP) is 6.63. The molecule has 6 rings (SSSR count). The molecule has 0 unspecified atom stereocenters. The van der Waals surface area contributed by atoms with E-state index >= 15 is 0 Å². The number of fused-ring (bicyclic) bond motifs is 3. The molecule has 55 heavy (non-hydrogen) atoms. The summed E-state index contributed by atoms with van der Waals surface area (Å²) in [7, 11) is 0. The number of pyridine rings is 1. The molecule has 2 atom stereocenters. The van der Waals surface area contributed by atoms with Gasteiger partial charge in [0.2, 0.25) is 0 Å². The highest BCUT2D eigenvalue weighted by Crippen LogP contribution is 2.45. The highest BCUT2D eigenvalue weighted by Gasteiger charge is 2.38. The van der Waals surface area contributed by atoms with Crippen LogP contribution >= 0.6 is 15.9 Å². The Morgan fingerprint density at radius 2 is 1.87 bits per heavy atom. The second-order valence-electron chi connectivity index (χ2n) is 13.4. The summed E-state index contributed by atoms with van der Waals surface area (Å²) in [6.07, 6.45) is -1.19. The third kappa shape index (κ3) is 9.51. The molecule has 0 bridgehead atoms. The SMILES string of the molecule is CC[C@@H]1COc2c(ccc3c2c(C(F)(F)F)cc(=O)n3CCOCCN2CCO[C@H](COc3cc(C)c(Br)cc3NC(=O)Nc3cnc(C)cn3)C2)N1CC. The highest BCUT2D eigenvalue weighted by molar-refractivity contribution is 9.10. The molecule has 2 aliphatic rings. The summed E-state index contributed by atoms with van der Waals surface area (Å²) in [5, 5.41) is 5.36. The lowest BCUT2D eigenvalue weighted by molar-refractivity contribution is -0.136. The molecule has 0 radical (unpaired) electrons. The van der Waals surface area contributed by atoms with E-state index in [0.29, 0.717) is 68.4 Å². The lowest BCUT2D eigenvalue weighted by Gasteiger charge is -2.38. The quantitative estimate of drug-likeness (QED) is 0.142. The first-order valence-corrected chi connectivity index (χ1v) is 19.0. The first-order chi connectivity index (χ1) is 26.4. The number of rotatable bonds is 13. The van der Waals surface area contributed by atoms with Gasteiger partial charge in [0.1, 0.15) is 25.1 Å². The number of likely N-dealkylation sites (N-methyl/N-ethyl adjacent to an activating group) is 1. The van der Waals surface area contributed by atoms with Gasteiger partial charge in [-0.3, -0.25) is 20.0 Å². The van der Waals surface area contributed by atoms with Gasteiger partial charge in [-0.2, -0.15) is 13.2 Å². The number of hydrogen-bond donors (Lipinski definition) is 2. The van der Waals surface area contributed by atoms with Crippen molar-refractivity contribution < 1.29 is 36.9 Å². The molecule has 0 saturated carbocycles.